The Labute approximate surface area is 74.1 Å². The van der Waals surface area contributed by atoms with Crippen LogP contribution in [0.4, 0.5) is 5.69 Å². The molecule has 0 bridgehead atoms. The largest absolute Gasteiger partial charge is 0.271 e. The van der Waals surface area contributed by atoms with Crippen LogP contribution in [0.1, 0.15) is 1.37 Å². The van der Waals surface area contributed by atoms with Crippen LogP contribution in [0, 0.1) is 10.1 Å². The van der Waals surface area contributed by atoms with Gasteiger partial charge in [0, 0.05) is 12.1 Å². The average Bonchev–Trinajstić information content (AvgIpc) is 2.00. The molecule has 1 aromatic rings. The van der Waals surface area contributed by atoms with Gasteiger partial charge in [0.25, 0.3) is 5.69 Å². The molecule has 0 saturated carbocycles. The molecule has 0 radical (unpaired) electrons. The molecule has 0 heterocycles. The summed E-state index contributed by atoms with van der Waals surface area (Å²) in [5.74, 6) is 0. The van der Waals surface area contributed by atoms with E-state index in [0.29, 0.717) is 0 Å². The molecule has 0 unspecified atom stereocenters. The van der Waals surface area contributed by atoms with Crippen molar-refractivity contribution < 1.29 is 6.29 Å². The molecule has 0 fully saturated rings. The molecule has 0 N–H and O–H groups in total. The van der Waals surface area contributed by atoms with Crippen molar-refractivity contribution >= 4 is 28.9 Å². The van der Waals surface area contributed by atoms with Crippen LogP contribution < -0.4 is 0 Å². The molecule has 0 saturated heterocycles. The number of nitro benzene ring substituents is 1. The summed E-state index contributed by atoms with van der Waals surface area (Å²) in [6.45, 7) is 0. The second-order valence-corrected chi connectivity index (χ2v) is 2.55. The van der Waals surface area contributed by atoms with Crippen LogP contribution in [-0.2, 0) is 0 Å². The van der Waals surface area contributed by atoms with Crippen LogP contribution in [0.5, 0.6) is 0 Å². The van der Waals surface area contributed by atoms with Crippen LogP contribution in [0.25, 0.3) is 0 Å². The molecule has 11 heavy (non-hydrogen) atoms. The summed E-state index contributed by atoms with van der Waals surface area (Å²) in [5.41, 5.74) is -0.343. The van der Waals surface area contributed by atoms with Gasteiger partial charge in [0.15, 0.2) is 0 Å². The zero-order chi connectivity index (χ0) is 9.30. The van der Waals surface area contributed by atoms with Gasteiger partial charge in [-0.3, -0.25) is 10.1 Å². The third-order valence-corrected chi connectivity index (χ3v) is 1.74. The summed E-state index contributed by atoms with van der Waals surface area (Å²) < 4.78 is 7.21. The number of halogens is 2. The third-order valence-electron chi connectivity index (χ3n) is 1.03. The third kappa shape index (κ3) is 1.82. The lowest BCUT2D eigenvalue weighted by Gasteiger charge is -1.93. The Kier molecular flexibility index (Phi) is 1.92. The Hall–Kier alpha value is -0.800. The smallest absolute Gasteiger partial charge is 0.258 e. The normalized spacial score (nSPS) is 10.9. The average molecular weight is 193 g/mol. The molecule has 0 spiro atoms. The van der Waals surface area contributed by atoms with Crippen LogP contribution in [0.2, 0.25) is 10.0 Å². The van der Waals surface area contributed by atoms with Crippen LogP contribution in [0.15, 0.2) is 18.2 Å². The Morgan fingerprint density at radius 1 is 1.45 bits per heavy atom. The van der Waals surface area contributed by atoms with Crippen molar-refractivity contribution in [2.24, 2.45) is 0 Å². The lowest BCUT2D eigenvalue weighted by atomic mass is 10.3. The number of benzene rings is 1. The van der Waals surface area contributed by atoms with Gasteiger partial charge < -0.3 is 0 Å². The molecule has 0 amide bonds. The van der Waals surface area contributed by atoms with Crippen LogP contribution in [-0.4, -0.2) is 4.92 Å². The standard InChI is InChI=1S/C6H3Cl2NO2/c7-5-2-1-4(9(10)11)3-6(5)8/h1-3H/i3D. The van der Waals surface area contributed by atoms with E-state index in [9.17, 15) is 10.1 Å². The highest BCUT2D eigenvalue weighted by molar-refractivity contribution is 6.42. The van der Waals surface area contributed by atoms with Crippen LogP contribution in [0.3, 0.4) is 0 Å². The first-order valence-electron chi connectivity index (χ1n) is 3.13. The molecule has 3 nitrogen and oxygen atoms in total. The highest BCUT2D eigenvalue weighted by atomic mass is 35.5. The van der Waals surface area contributed by atoms with Crippen LogP contribution >= 0.6 is 23.2 Å². The minimum absolute atomic E-state index is 0.0918. The lowest BCUT2D eigenvalue weighted by Crippen LogP contribution is -1.86. The van der Waals surface area contributed by atoms with E-state index in [2.05, 4.69) is 0 Å². The Morgan fingerprint density at radius 3 is 2.64 bits per heavy atom. The molecule has 0 aliphatic rings. The van der Waals surface area contributed by atoms with E-state index in [4.69, 9.17) is 24.6 Å². The molecule has 58 valence electrons. The monoisotopic (exact) mass is 192 g/mol. The summed E-state index contributed by atoms with van der Waals surface area (Å²) in [4.78, 5) is 9.59. The zero-order valence-electron chi connectivity index (χ0n) is 6.17. The maximum atomic E-state index is 10.3. The molecule has 0 aliphatic heterocycles. The predicted octanol–water partition coefficient (Wildman–Crippen LogP) is 2.90. The molecule has 0 atom stereocenters. The Bertz CT molecular complexity index is 343. The summed E-state index contributed by atoms with van der Waals surface area (Å²) in [6, 6.07) is 2.09. The second kappa shape index (κ2) is 3.07. The maximum absolute atomic E-state index is 10.3. The molecule has 5 heteroatoms. The number of nitrogens with zero attached hydrogens (tertiary/aromatic N) is 1. The van der Waals surface area contributed by atoms with Crippen molar-refractivity contribution in [1.29, 1.82) is 0 Å². The van der Waals surface area contributed by atoms with Crippen molar-refractivity contribution in [2.45, 2.75) is 0 Å². The summed E-state index contributed by atoms with van der Waals surface area (Å²) in [7, 11) is 0. The SMILES string of the molecule is [2H]c1c([N+](=O)[O-])ccc(Cl)c1Cl. The lowest BCUT2D eigenvalue weighted by molar-refractivity contribution is -0.384. The summed E-state index contributed by atoms with van der Waals surface area (Å²) >= 11 is 11.0. The number of hydrogen-bond acceptors (Lipinski definition) is 2. The fraction of sp³-hybridized carbons (Fsp3) is 0. The van der Waals surface area contributed by atoms with Gasteiger partial charge in [-0.05, 0) is 6.07 Å². The van der Waals surface area contributed by atoms with E-state index in [1.54, 1.807) is 0 Å². The second-order valence-electron chi connectivity index (χ2n) is 1.76. The molecular weight excluding hydrogens is 189 g/mol. The van der Waals surface area contributed by atoms with Crippen molar-refractivity contribution in [3.8, 4) is 0 Å². The highest BCUT2D eigenvalue weighted by Crippen LogP contribution is 2.25. The van der Waals surface area contributed by atoms with Crippen molar-refractivity contribution in [3.05, 3.63) is 38.3 Å². The van der Waals surface area contributed by atoms with Gasteiger partial charge in [-0.15, -0.1) is 0 Å². The van der Waals surface area contributed by atoms with E-state index in [1.807, 2.05) is 0 Å². The quantitative estimate of drug-likeness (QED) is 0.508. The minimum atomic E-state index is -0.676. The predicted molar refractivity (Wildman–Crippen MR) is 43.1 cm³/mol. The van der Waals surface area contributed by atoms with E-state index in [0.717, 1.165) is 6.07 Å². The molecule has 1 aromatic carbocycles. The van der Waals surface area contributed by atoms with Gasteiger partial charge in [-0.1, -0.05) is 23.2 Å². The van der Waals surface area contributed by atoms with Gasteiger partial charge in [0.05, 0.1) is 16.3 Å². The Morgan fingerprint density at radius 2 is 2.09 bits per heavy atom. The number of nitro groups is 1. The first-order valence-corrected chi connectivity index (χ1v) is 3.38. The Balaban J connectivity index is 3.36. The van der Waals surface area contributed by atoms with Gasteiger partial charge in [-0.2, -0.15) is 0 Å². The fourth-order valence-corrected chi connectivity index (χ4v) is 0.816. The fourth-order valence-electron chi connectivity index (χ4n) is 0.546. The molecule has 1 rings (SSSR count). The topological polar surface area (TPSA) is 43.1 Å². The van der Waals surface area contributed by atoms with E-state index < -0.39 is 4.92 Å². The van der Waals surface area contributed by atoms with E-state index in [-0.39, 0.29) is 21.8 Å². The highest BCUT2D eigenvalue weighted by Gasteiger charge is 2.06. The summed E-state index contributed by atoms with van der Waals surface area (Å²) in [6.07, 6.45) is 0. The maximum Gasteiger partial charge on any atom is 0.271 e. The van der Waals surface area contributed by atoms with Gasteiger partial charge in [0.1, 0.15) is 0 Å². The number of hydrogen-bond donors (Lipinski definition) is 0. The summed E-state index contributed by atoms with van der Waals surface area (Å²) in [5, 5.41) is 10.3. The number of rotatable bonds is 1. The molecular formula is C6H3Cl2NO2. The van der Waals surface area contributed by atoms with E-state index in [1.165, 1.54) is 6.07 Å². The first-order chi connectivity index (χ1) is 5.54. The van der Waals surface area contributed by atoms with Crippen molar-refractivity contribution in [2.75, 3.05) is 0 Å². The van der Waals surface area contributed by atoms with Gasteiger partial charge in [-0.25, -0.2) is 0 Å². The van der Waals surface area contributed by atoms with Crippen molar-refractivity contribution in [1.82, 2.24) is 0 Å². The molecule has 0 aliphatic carbocycles. The van der Waals surface area contributed by atoms with E-state index >= 15 is 0 Å². The zero-order valence-corrected chi connectivity index (χ0v) is 6.69. The van der Waals surface area contributed by atoms with Gasteiger partial charge in [0.2, 0.25) is 0 Å². The minimum Gasteiger partial charge on any atom is -0.258 e. The molecule has 0 aromatic heterocycles. The van der Waals surface area contributed by atoms with Gasteiger partial charge >= 0.3 is 0 Å². The van der Waals surface area contributed by atoms with Crippen molar-refractivity contribution in [3.63, 3.8) is 0 Å². The first kappa shape index (κ1) is 6.88.